The summed E-state index contributed by atoms with van der Waals surface area (Å²) in [4.78, 5) is 29.3. The van der Waals surface area contributed by atoms with Gasteiger partial charge < -0.3 is 5.32 Å². The van der Waals surface area contributed by atoms with Crippen LogP contribution >= 0.6 is 11.3 Å². The smallest absolute Gasteiger partial charge is 0.267 e. The van der Waals surface area contributed by atoms with Crippen molar-refractivity contribution >= 4 is 28.7 Å². The van der Waals surface area contributed by atoms with Crippen molar-refractivity contribution in [3.63, 3.8) is 0 Å². The Bertz CT molecular complexity index is 958. The summed E-state index contributed by atoms with van der Waals surface area (Å²) < 4.78 is 0. The lowest BCUT2D eigenvalue weighted by atomic mass is 10.1. The van der Waals surface area contributed by atoms with E-state index in [4.69, 9.17) is 0 Å². The first-order chi connectivity index (χ1) is 12.5. The molecule has 3 rings (SSSR count). The van der Waals surface area contributed by atoms with Crippen molar-refractivity contribution in [3.8, 4) is 10.6 Å². The molecule has 5 heteroatoms. The molecule has 26 heavy (non-hydrogen) atoms. The van der Waals surface area contributed by atoms with Crippen LogP contribution in [-0.2, 0) is 6.42 Å². The molecule has 0 aliphatic carbocycles. The maximum absolute atomic E-state index is 12.6. The van der Waals surface area contributed by atoms with Gasteiger partial charge in [0.2, 0.25) is 0 Å². The van der Waals surface area contributed by atoms with Gasteiger partial charge in [0.1, 0.15) is 9.88 Å². The van der Waals surface area contributed by atoms with Crippen LogP contribution in [0.2, 0.25) is 0 Å². The zero-order valence-electron chi connectivity index (χ0n) is 15.0. The molecule has 0 spiro atoms. The van der Waals surface area contributed by atoms with E-state index in [0.717, 1.165) is 17.0 Å². The molecule has 0 bridgehead atoms. The van der Waals surface area contributed by atoms with Gasteiger partial charge in [-0.25, -0.2) is 4.98 Å². The number of Topliss-reactive ketones (excluding diaryl/α,β-unsaturated/α-hetero) is 1. The van der Waals surface area contributed by atoms with Crippen LogP contribution in [0.4, 0.5) is 5.69 Å². The lowest BCUT2D eigenvalue weighted by molar-refractivity contribution is 0.101. The van der Waals surface area contributed by atoms with Crippen LogP contribution in [-0.4, -0.2) is 16.7 Å². The minimum Gasteiger partial charge on any atom is -0.321 e. The van der Waals surface area contributed by atoms with Gasteiger partial charge in [-0.05, 0) is 38.0 Å². The number of ketones is 1. The fourth-order valence-electron chi connectivity index (χ4n) is 2.62. The first kappa shape index (κ1) is 18.0. The quantitative estimate of drug-likeness (QED) is 0.638. The number of thiazole rings is 1. The van der Waals surface area contributed by atoms with Crippen molar-refractivity contribution in [2.75, 3.05) is 5.32 Å². The molecule has 0 aliphatic rings. The highest BCUT2D eigenvalue weighted by Gasteiger charge is 2.16. The minimum absolute atomic E-state index is 0.0344. The molecule has 2 aromatic carbocycles. The standard InChI is InChI=1S/C21H20N2O2S/c1-4-15-8-10-16(11-9-15)21-22-13(2)19(26-21)20(25)23-18-7-5-6-17(12-18)14(3)24/h5-12H,4H2,1-3H3,(H,23,25). The number of hydrogen-bond acceptors (Lipinski definition) is 4. The van der Waals surface area contributed by atoms with Crippen LogP contribution in [0.1, 0.15) is 45.1 Å². The van der Waals surface area contributed by atoms with Crippen molar-refractivity contribution in [3.05, 3.63) is 70.2 Å². The number of aromatic nitrogens is 1. The molecule has 132 valence electrons. The predicted molar refractivity (Wildman–Crippen MR) is 106 cm³/mol. The summed E-state index contributed by atoms with van der Waals surface area (Å²) in [6.45, 7) is 5.46. The molecule has 1 N–H and O–H groups in total. The van der Waals surface area contributed by atoms with Gasteiger partial charge in [0.05, 0.1) is 5.69 Å². The van der Waals surface area contributed by atoms with Crippen LogP contribution in [0.25, 0.3) is 10.6 Å². The Kier molecular flexibility index (Phi) is 5.28. The van der Waals surface area contributed by atoms with E-state index in [9.17, 15) is 9.59 Å². The van der Waals surface area contributed by atoms with E-state index in [1.54, 1.807) is 24.3 Å². The molecule has 0 saturated carbocycles. The van der Waals surface area contributed by atoms with E-state index < -0.39 is 0 Å². The Hall–Kier alpha value is -2.79. The van der Waals surface area contributed by atoms with Crippen molar-refractivity contribution in [2.45, 2.75) is 27.2 Å². The number of anilines is 1. The number of nitrogens with zero attached hydrogens (tertiary/aromatic N) is 1. The highest BCUT2D eigenvalue weighted by Crippen LogP contribution is 2.29. The number of benzene rings is 2. The summed E-state index contributed by atoms with van der Waals surface area (Å²) in [6.07, 6.45) is 0.990. The Labute approximate surface area is 156 Å². The van der Waals surface area contributed by atoms with Crippen LogP contribution in [0.5, 0.6) is 0 Å². The summed E-state index contributed by atoms with van der Waals surface area (Å²) in [7, 11) is 0. The third kappa shape index (κ3) is 3.89. The SMILES string of the molecule is CCc1ccc(-c2nc(C)c(C(=O)Nc3cccc(C(C)=O)c3)s2)cc1. The summed E-state index contributed by atoms with van der Waals surface area (Å²) in [5.41, 5.74) is 4.15. The van der Waals surface area contributed by atoms with Crippen molar-refractivity contribution in [2.24, 2.45) is 0 Å². The van der Waals surface area contributed by atoms with Gasteiger partial charge in [0, 0.05) is 16.8 Å². The van der Waals surface area contributed by atoms with E-state index in [2.05, 4.69) is 29.4 Å². The van der Waals surface area contributed by atoms with Crippen molar-refractivity contribution in [1.29, 1.82) is 0 Å². The van der Waals surface area contributed by atoms with Crippen LogP contribution < -0.4 is 5.32 Å². The second kappa shape index (κ2) is 7.62. The average Bonchev–Trinajstić information content (AvgIpc) is 3.04. The van der Waals surface area contributed by atoms with Gasteiger partial charge in [-0.1, -0.05) is 43.3 Å². The topological polar surface area (TPSA) is 59.1 Å². The average molecular weight is 364 g/mol. The van der Waals surface area contributed by atoms with Gasteiger partial charge in [0.15, 0.2) is 5.78 Å². The summed E-state index contributed by atoms with van der Waals surface area (Å²) in [5.74, 6) is -0.245. The number of carbonyl (C=O) groups is 2. The summed E-state index contributed by atoms with van der Waals surface area (Å²) in [5, 5.41) is 3.68. The lowest BCUT2D eigenvalue weighted by Gasteiger charge is -2.05. The Morgan fingerprint density at radius 1 is 1.12 bits per heavy atom. The molecule has 0 radical (unpaired) electrons. The number of hydrogen-bond donors (Lipinski definition) is 1. The van der Waals surface area contributed by atoms with Crippen LogP contribution in [0.3, 0.4) is 0 Å². The monoisotopic (exact) mass is 364 g/mol. The second-order valence-corrected chi connectivity index (χ2v) is 7.07. The van der Waals surface area contributed by atoms with Crippen LogP contribution in [0.15, 0.2) is 48.5 Å². The molecule has 1 aromatic heterocycles. The van der Waals surface area contributed by atoms with Crippen molar-refractivity contribution < 1.29 is 9.59 Å². The molecule has 1 heterocycles. The molecule has 0 unspecified atom stereocenters. The van der Waals surface area contributed by atoms with Gasteiger partial charge in [-0.2, -0.15) is 0 Å². The normalized spacial score (nSPS) is 10.6. The second-order valence-electron chi connectivity index (χ2n) is 6.08. The molecular formula is C21H20N2O2S. The Balaban J connectivity index is 1.83. The zero-order chi connectivity index (χ0) is 18.7. The molecular weight excluding hydrogens is 344 g/mol. The van der Waals surface area contributed by atoms with E-state index >= 15 is 0 Å². The number of nitrogens with one attached hydrogen (secondary N) is 1. The molecule has 0 aliphatic heterocycles. The molecule has 0 fully saturated rings. The van der Waals surface area contributed by atoms with E-state index in [-0.39, 0.29) is 11.7 Å². The summed E-state index contributed by atoms with van der Waals surface area (Å²) in [6, 6.07) is 15.2. The molecule has 3 aromatic rings. The summed E-state index contributed by atoms with van der Waals surface area (Å²) >= 11 is 1.37. The third-order valence-electron chi connectivity index (χ3n) is 4.14. The Morgan fingerprint density at radius 2 is 1.85 bits per heavy atom. The fraction of sp³-hybridized carbons (Fsp3) is 0.190. The fourth-order valence-corrected chi connectivity index (χ4v) is 3.58. The van der Waals surface area contributed by atoms with Crippen molar-refractivity contribution in [1.82, 2.24) is 4.98 Å². The molecule has 1 amide bonds. The van der Waals surface area contributed by atoms with Crippen LogP contribution in [0, 0.1) is 6.92 Å². The minimum atomic E-state index is -0.211. The van der Waals surface area contributed by atoms with Gasteiger partial charge in [0.25, 0.3) is 5.91 Å². The molecule has 4 nitrogen and oxygen atoms in total. The number of aryl methyl sites for hydroxylation is 2. The van der Waals surface area contributed by atoms with E-state index in [1.807, 2.05) is 19.1 Å². The number of rotatable bonds is 5. The molecule has 0 saturated heterocycles. The first-order valence-corrected chi connectivity index (χ1v) is 9.28. The highest BCUT2D eigenvalue weighted by molar-refractivity contribution is 7.17. The van der Waals surface area contributed by atoms with Gasteiger partial charge in [-0.3, -0.25) is 9.59 Å². The first-order valence-electron chi connectivity index (χ1n) is 8.47. The third-order valence-corrected chi connectivity index (χ3v) is 5.34. The van der Waals surface area contributed by atoms with E-state index in [1.165, 1.54) is 23.8 Å². The molecule has 0 atom stereocenters. The maximum atomic E-state index is 12.6. The Morgan fingerprint density at radius 3 is 2.50 bits per heavy atom. The highest BCUT2D eigenvalue weighted by atomic mass is 32.1. The zero-order valence-corrected chi connectivity index (χ0v) is 15.8. The largest absolute Gasteiger partial charge is 0.321 e. The number of carbonyl (C=O) groups excluding carboxylic acids is 2. The predicted octanol–water partition coefficient (Wildman–Crippen LogP) is 5.14. The number of amides is 1. The van der Waals surface area contributed by atoms with Gasteiger partial charge >= 0.3 is 0 Å². The lowest BCUT2D eigenvalue weighted by Crippen LogP contribution is -2.11. The van der Waals surface area contributed by atoms with E-state index in [0.29, 0.717) is 21.8 Å². The maximum Gasteiger partial charge on any atom is 0.267 e. The van der Waals surface area contributed by atoms with Gasteiger partial charge in [-0.15, -0.1) is 11.3 Å².